The number of carboxylic acid groups (broad SMARTS) is 1. The van der Waals surface area contributed by atoms with Crippen molar-refractivity contribution in [1.82, 2.24) is 4.98 Å². The molecule has 0 aliphatic carbocycles. The van der Waals surface area contributed by atoms with Gasteiger partial charge in [-0.3, -0.25) is 0 Å². The predicted octanol–water partition coefficient (Wildman–Crippen LogP) is 2.49. The van der Waals surface area contributed by atoms with E-state index >= 15 is 0 Å². The molecule has 0 aliphatic rings. The van der Waals surface area contributed by atoms with E-state index in [4.69, 9.17) is 0 Å². The van der Waals surface area contributed by atoms with E-state index in [0.29, 0.717) is 17.3 Å². The minimum absolute atomic E-state index is 0.304. The van der Waals surface area contributed by atoms with Gasteiger partial charge in [0, 0.05) is 19.3 Å². The zero-order chi connectivity index (χ0) is 13.2. The van der Waals surface area contributed by atoms with Crippen LogP contribution in [0.2, 0.25) is 0 Å². The second-order valence-electron chi connectivity index (χ2n) is 4.86. The molecule has 17 heavy (non-hydrogen) atoms. The van der Waals surface area contributed by atoms with Gasteiger partial charge in [0.2, 0.25) is 0 Å². The molecule has 4 heteroatoms. The summed E-state index contributed by atoms with van der Waals surface area (Å²) in [5.41, 5.74) is 1.91. The topological polar surface area (TPSA) is 53.4 Å². The number of hydrogen-bond donors (Lipinski definition) is 1. The van der Waals surface area contributed by atoms with Crippen molar-refractivity contribution >= 4 is 11.8 Å². The third-order valence-electron chi connectivity index (χ3n) is 2.54. The van der Waals surface area contributed by atoms with E-state index < -0.39 is 5.97 Å². The molecule has 0 atom stereocenters. The molecule has 0 fully saturated rings. The Balaban J connectivity index is 3.25. The van der Waals surface area contributed by atoms with Crippen LogP contribution in [0, 0.1) is 19.8 Å². The van der Waals surface area contributed by atoms with Crippen molar-refractivity contribution in [2.75, 3.05) is 18.5 Å². The first kappa shape index (κ1) is 13.5. The van der Waals surface area contributed by atoms with Crippen LogP contribution in [0.5, 0.6) is 0 Å². The van der Waals surface area contributed by atoms with Crippen molar-refractivity contribution in [1.29, 1.82) is 0 Å². The molecule has 1 rings (SSSR count). The molecule has 1 N–H and O–H groups in total. The fourth-order valence-electron chi connectivity index (χ4n) is 1.99. The highest BCUT2D eigenvalue weighted by molar-refractivity contribution is 5.95. The van der Waals surface area contributed by atoms with Gasteiger partial charge in [-0.1, -0.05) is 13.8 Å². The van der Waals surface area contributed by atoms with Crippen LogP contribution in [0.4, 0.5) is 5.82 Å². The van der Waals surface area contributed by atoms with Gasteiger partial charge in [-0.25, -0.2) is 9.78 Å². The van der Waals surface area contributed by atoms with E-state index in [0.717, 1.165) is 17.8 Å². The van der Waals surface area contributed by atoms with E-state index in [1.165, 1.54) is 0 Å². The van der Waals surface area contributed by atoms with Crippen molar-refractivity contribution in [2.45, 2.75) is 27.7 Å². The van der Waals surface area contributed by atoms with Gasteiger partial charge in [-0.2, -0.15) is 0 Å². The zero-order valence-corrected chi connectivity index (χ0v) is 11.1. The molecule has 0 spiro atoms. The Bertz CT molecular complexity index is 428. The number of aryl methyl sites for hydroxylation is 2. The van der Waals surface area contributed by atoms with Gasteiger partial charge in [0.15, 0.2) is 0 Å². The summed E-state index contributed by atoms with van der Waals surface area (Å²) in [6.07, 6.45) is 0. The monoisotopic (exact) mass is 236 g/mol. The van der Waals surface area contributed by atoms with Gasteiger partial charge < -0.3 is 10.0 Å². The molecular weight excluding hydrogens is 216 g/mol. The molecule has 0 radical (unpaired) electrons. The summed E-state index contributed by atoms with van der Waals surface area (Å²) in [5.74, 6) is 0.105. The van der Waals surface area contributed by atoms with E-state index in [9.17, 15) is 9.90 Å². The predicted molar refractivity (Wildman–Crippen MR) is 68.8 cm³/mol. The van der Waals surface area contributed by atoms with Crippen molar-refractivity contribution < 1.29 is 9.90 Å². The van der Waals surface area contributed by atoms with Crippen molar-refractivity contribution in [3.05, 3.63) is 22.9 Å². The van der Waals surface area contributed by atoms with Crippen LogP contribution in [0.25, 0.3) is 0 Å². The van der Waals surface area contributed by atoms with Gasteiger partial charge >= 0.3 is 5.97 Å². The maximum Gasteiger partial charge on any atom is 0.339 e. The lowest BCUT2D eigenvalue weighted by Crippen LogP contribution is -2.26. The maximum absolute atomic E-state index is 11.3. The van der Waals surface area contributed by atoms with E-state index in [1.807, 2.05) is 25.8 Å². The highest BCUT2D eigenvalue weighted by Crippen LogP contribution is 2.22. The van der Waals surface area contributed by atoms with Gasteiger partial charge in [0.25, 0.3) is 0 Å². The van der Waals surface area contributed by atoms with Crippen molar-refractivity contribution in [3.8, 4) is 0 Å². The molecular formula is C13H20N2O2. The summed E-state index contributed by atoms with van der Waals surface area (Å²) < 4.78 is 0. The molecule has 1 aromatic heterocycles. The molecule has 0 aliphatic heterocycles. The number of anilines is 1. The van der Waals surface area contributed by atoms with Crippen LogP contribution in [-0.4, -0.2) is 29.7 Å². The highest BCUT2D eigenvalue weighted by Gasteiger charge is 2.19. The Labute approximate surface area is 102 Å². The van der Waals surface area contributed by atoms with Crippen LogP contribution < -0.4 is 4.90 Å². The second kappa shape index (κ2) is 5.17. The highest BCUT2D eigenvalue weighted by atomic mass is 16.4. The molecule has 1 aromatic rings. The minimum Gasteiger partial charge on any atom is -0.478 e. The quantitative estimate of drug-likeness (QED) is 0.872. The number of hydrogen-bond acceptors (Lipinski definition) is 3. The Hall–Kier alpha value is -1.58. The molecule has 0 aromatic carbocycles. The number of nitrogens with zero attached hydrogens (tertiary/aromatic N) is 2. The van der Waals surface area contributed by atoms with Gasteiger partial charge in [0.1, 0.15) is 11.4 Å². The summed E-state index contributed by atoms with van der Waals surface area (Å²) in [7, 11) is 1.88. The van der Waals surface area contributed by atoms with Crippen LogP contribution in [-0.2, 0) is 0 Å². The summed E-state index contributed by atoms with van der Waals surface area (Å²) >= 11 is 0. The maximum atomic E-state index is 11.3. The third kappa shape index (κ3) is 3.19. The number of carbonyl (C=O) groups is 1. The number of rotatable bonds is 4. The summed E-state index contributed by atoms with van der Waals surface area (Å²) in [6, 6.07) is 1.80. The first-order valence-corrected chi connectivity index (χ1v) is 5.75. The molecule has 4 nitrogen and oxygen atoms in total. The summed E-state index contributed by atoms with van der Waals surface area (Å²) in [5, 5.41) is 9.25. The first-order chi connectivity index (χ1) is 7.82. The minimum atomic E-state index is -0.916. The SMILES string of the molecule is Cc1cc(C)c(C(=O)O)c(N(C)CC(C)C)n1. The van der Waals surface area contributed by atoms with Crippen LogP contribution >= 0.6 is 0 Å². The van der Waals surface area contributed by atoms with Gasteiger partial charge in [0.05, 0.1) is 0 Å². The van der Waals surface area contributed by atoms with Gasteiger partial charge in [-0.05, 0) is 31.4 Å². The molecule has 0 unspecified atom stereocenters. The molecule has 94 valence electrons. The Kier molecular flexibility index (Phi) is 4.10. The lowest BCUT2D eigenvalue weighted by molar-refractivity contribution is 0.0696. The average molecular weight is 236 g/mol. The average Bonchev–Trinajstić information content (AvgIpc) is 2.14. The van der Waals surface area contributed by atoms with E-state index in [2.05, 4.69) is 18.8 Å². The molecule has 0 amide bonds. The number of carboxylic acids is 1. The Morgan fingerprint density at radius 2 is 2.06 bits per heavy atom. The number of pyridine rings is 1. The fourth-order valence-corrected chi connectivity index (χ4v) is 1.99. The lowest BCUT2D eigenvalue weighted by Gasteiger charge is -2.23. The van der Waals surface area contributed by atoms with Gasteiger partial charge in [-0.15, -0.1) is 0 Å². The molecule has 0 bridgehead atoms. The van der Waals surface area contributed by atoms with Crippen LogP contribution in [0.1, 0.15) is 35.5 Å². The summed E-state index contributed by atoms with van der Waals surface area (Å²) in [6.45, 7) is 8.67. The normalized spacial score (nSPS) is 10.7. The molecule has 0 saturated carbocycles. The van der Waals surface area contributed by atoms with Crippen molar-refractivity contribution in [3.63, 3.8) is 0 Å². The lowest BCUT2D eigenvalue weighted by atomic mass is 10.1. The van der Waals surface area contributed by atoms with Crippen molar-refractivity contribution in [2.24, 2.45) is 5.92 Å². The Morgan fingerprint density at radius 1 is 1.47 bits per heavy atom. The number of aromatic nitrogens is 1. The smallest absolute Gasteiger partial charge is 0.339 e. The second-order valence-corrected chi connectivity index (χ2v) is 4.86. The van der Waals surface area contributed by atoms with E-state index in [1.54, 1.807) is 6.07 Å². The fraction of sp³-hybridized carbons (Fsp3) is 0.538. The largest absolute Gasteiger partial charge is 0.478 e. The zero-order valence-electron chi connectivity index (χ0n) is 11.1. The standard InChI is InChI=1S/C13H20N2O2/c1-8(2)7-15(5)12-11(13(16)17)9(3)6-10(4)14-12/h6,8H,7H2,1-5H3,(H,16,17). The van der Waals surface area contributed by atoms with E-state index in [-0.39, 0.29) is 0 Å². The Morgan fingerprint density at radius 3 is 2.53 bits per heavy atom. The molecule has 0 saturated heterocycles. The number of aromatic carboxylic acids is 1. The third-order valence-corrected chi connectivity index (χ3v) is 2.54. The summed E-state index contributed by atoms with van der Waals surface area (Å²) in [4.78, 5) is 17.5. The van der Waals surface area contributed by atoms with Crippen LogP contribution in [0.3, 0.4) is 0 Å². The molecule has 1 heterocycles. The van der Waals surface area contributed by atoms with Crippen LogP contribution in [0.15, 0.2) is 6.07 Å². The first-order valence-electron chi connectivity index (χ1n) is 5.75.